The van der Waals surface area contributed by atoms with Gasteiger partial charge in [0.15, 0.2) is 0 Å². The van der Waals surface area contributed by atoms with Crippen molar-refractivity contribution in [2.24, 2.45) is 0 Å². The number of nitrogen functional groups attached to an aromatic ring is 1. The van der Waals surface area contributed by atoms with Crippen molar-refractivity contribution in [3.8, 4) is 0 Å². The SMILES string of the molecule is Cc1cc(C)c(NCc2ccc(N)cc2)cc1C. The predicted molar refractivity (Wildman–Crippen MR) is 78.8 cm³/mol. The van der Waals surface area contributed by atoms with Gasteiger partial charge in [0.2, 0.25) is 0 Å². The lowest BCUT2D eigenvalue weighted by molar-refractivity contribution is 1.13. The van der Waals surface area contributed by atoms with Crippen molar-refractivity contribution in [3.63, 3.8) is 0 Å². The molecule has 0 spiro atoms. The Bertz CT molecular complexity index is 542. The second-order valence-electron chi connectivity index (χ2n) is 4.85. The van der Waals surface area contributed by atoms with Gasteiger partial charge >= 0.3 is 0 Å². The Morgan fingerprint density at radius 1 is 0.889 bits per heavy atom. The molecule has 0 saturated heterocycles. The van der Waals surface area contributed by atoms with Crippen LogP contribution in [0.15, 0.2) is 36.4 Å². The van der Waals surface area contributed by atoms with Crippen LogP contribution in [0.5, 0.6) is 0 Å². The van der Waals surface area contributed by atoms with E-state index in [4.69, 9.17) is 5.73 Å². The fourth-order valence-corrected chi connectivity index (χ4v) is 1.98. The molecule has 0 bridgehead atoms. The summed E-state index contributed by atoms with van der Waals surface area (Å²) in [6.45, 7) is 7.25. The van der Waals surface area contributed by atoms with E-state index in [1.54, 1.807) is 0 Å². The molecule has 2 rings (SSSR count). The lowest BCUT2D eigenvalue weighted by atomic mass is 10.0. The van der Waals surface area contributed by atoms with Crippen molar-refractivity contribution in [2.45, 2.75) is 27.3 Å². The standard InChI is InChI=1S/C16H20N2/c1-11-8-13(3)16(9-12(11)2)18-10-14-4-6-15(17)7-5-14/h4-9,18H,10,17H2,1-3H3. The normalized spacial score (nSPS) is 10.4. The fourth-order valence-electron chi connectivity index (χ4n) is 1.98. The van der Waals surface area contributed by atoms with Crippen molar-refractivity contribution in [2.75, 3.05) is 11.1 Å². The maximum atomic E-state index is 5.67. The Hall–Kier alpha value is -1.96. The summed E-state index contributed by atoms with van der Waals surface area (Å²) in [5.41, 5.74) is 12.9. The summed E-state index contributed by atoms with van der Waals surface area (Å²) in [6, 6.07) is 12.4. The molecule has 3 N–H and O–H groups in total. The molecular weight excluding hydrogens is 220 g/mol. The average molecular weight is 240 g/mol. The average Bonchev–Trinajstić information content (AvgIpc) is 2.34. The first-order valence-electron chi connectivity index (χ1n) is 6.22. The number of hydrogen-bond donors (Lipinski definition) is 2. The lowest BCUT2D eigenvalue weighted by Gasteiger charge is -2.12. The number of nitrogens with one attached hydrogen (secondary N) is 1. The van der Waals surface area contributed by atoms with Crippen molar-refractivity contribution in [1.82, 2.24) is 0 Å². The number of rotatable bonds is 3. The maximum absolute atomic E-state index is 5.67. The molecule has 0 fully saturated rings. The molecular formula is C16H20N2. The molecule has 0 saturated carbocycles. The summed E-state index contributed by atoms with van der Waals surface area (Å²) in [5, 5.41) is 3.48. The molecule has 94 valence electrons. The quantitative estimate of drug-likeness (QED) is 0.801. The number of nitrogens with two attached hydrogens (primary N) is 1. The third kappa shape index (κ3) is 2.83. The van der Waals surface area contributed by atoms with Crippen LogP contribution in [0, 0.1) is 20.8 Å². The van der Waals surface area contributed by atoms with Gasteiger partial charge in [-0.1, -0.05) is 18.2 Å². The van der Waals surface area contributed by atoms with Crippen molar-refractivity contribution in [1.29, 1.82) is 0 Å². The van der Waals surface area contributed by atoms with Gasteiger partial charge in [-0.25, -0.2) is 0 Å². The number of benzene rings is 2. The van der Waals surface area contributed by atoms with Crippen LogP contribution in [0.1, 0.15) is 22.3 Å². The highest BCUT2D eigenvalue weighted by Crippen LogP contribution is 2.20. The van der Waals surface area contributed by atoms with Crippen LogP contribution in [0.25, 0.3) is 0 Å². The van der Waals surface area contributed by atoms with Gasteiger partial charge in [-0.3, -0.25) is 0 Å². The minimum atomic E-state index is 0.807. The monoisotopic (exact) mass is 240 g/mol. The van der Waals surface area contributed by atoms with Crippen LogP contribution in [-0.4, -0.2) is 0 Å². The molecule has 2 nitrogen and oxygen atoms in total. The molecule has 0 aromatic heterocycles. The molecule has 2 aromatic rings. The molecule has 0 aliphatic heterocycles. The van der Waals surface area contributed by atoms with Gasteiger partial charge in [0.05, 0.1) is 0 Å². The Kier molecular flexibility index (Phi) is 3.56. The predicted octanol–water partition coefficient (Wildman–Crippen LogP) is 3.81. The Morgan fingerprint density at radius 2 is 1.50 bits per heavy atom. The summed E-state index contributed by atoms with van der Waals surface area (Å²) in [5.74, 6) is 0. The minimum Gasteiger partial charge on any atom is -0.399 e. The van der Waals surface area contributed by atoms with Crippen molar-refractivity contribution >= 4 is 11.4 Å². The van der Waals surface area contributed by atoms with Gasteiger partial charge in [0.25, 0.3) is 0 Å². The smallest absolute Gasteiger partial charge is 0.0400 e. The van der Waals surface area contributed by atoms with E-state index in [-0.39, 0.29) is 0 Å². The van der Waals surface area contributed by atoms with E-state index in [0.29, 0.717) is 0 Å². The zero-order valence-electron chi connectivity index (χ0n) is 11.2. The van der Waals surface area contributed by atoms with E-state index >= 15 is 0 Å². The van der Waals surface area contributed by atoms with Gasteiger partial charge in [-0.2, -0.15) is 0 Å². The number of aryl methyl sites for hydroxylation is 3. The fraction of sp³-hybridized carbons (Fsp3) is 0.250. The lowest BCUT2D eigenvalue weighted by Crippen LogP contribution is -2.02. The highest BCUT2D eigenvalue weighted by atomic mass is 14.9. The summed E-state index contributed by atoms with van der Waals surface area (Å²) in [6.07, 6.45) is 0. The topological polar surface area (TPSA) is 38.0 Å². The number of hydrogen-bond acceptors (Lipinski definition) is 2. The van der Waals surface area contributed by atoms with E-state index in [1.165, 1.54) is 27.9 Å². The maximum Gasteiger partial charge on any atom is 0.0400 e. The molecule has 0 radical (unpaired) electrons. The summed E-state index contributed by atoms with van der Waals surface area (Å²) >= 11 is 0. The summed E-state index contributed by atoms with van der Waals surface area (Å²) in [4.78, 5) is 0. The molecule has 0 heterocycles. The molecule has 0 amide bonds. The van der Waals surface area contributed by atoms with Gasteiger partial charge < -0.3 is 11.1 Å². The van der Waals surface area contributed by atoms with Gasteiger partial charge in [-0.05, 0) is 61.2 Å². The third-order valence-corrected chi connectivity index (χ3v) is 3.30. The summed E-state index contributed by atoms with van der Waals surface area (Å²) < 4.78 is 0. The van der Waals surface area contributed by atoms with Crippen LogP contribution in [0.3, 0.4) is 0 Å². The molecule has 2 heteroatoms. The molecule has 2 aromatic carbocycles. The first-order valence-corrected chi connectivity index (χ1v) is 6.22. The van der Waals surface area contributed by atoms with E-state index in [2.05, 4.69) is 50.4 Å². The van der Waals surface area contributed by atoms with Gasteiger partial charge in [0, 0.05) is 17.9 Å². The Balaban J connectivity index is 2.10. The second-order valence-corrected chi connectivity index (χ2v) is 4.85. The molecule has 18 heavy (non-hydrogen) atoms. The molecule has 0 atom stereocenters. The van der Waals surface area contributed by atoms with E-state index in [1.807, 2.05) is 12.1 Å². The van der Waals surface area contributed by atoms with Gasteiger partial charge in [-0.15, -0.1) is 0 Å². The zero-order chi connectivity index (χ0) is 13.1. The third-order valence-electron chi connectivity index (χ3n) is 3.30. The molecule has 0 aliphatic rings. The van der Waals surface area contributed by atoms with E-state index in [0.717, 1.165) is 12.2 Å². The largest absolute Gasteiger partial charge is 0.399 e. The first-order chi connectivity index (χ1) is 8.56. The van der Waals surface area contributed by atoms with E-state index < -0.39 is 0 Å². The van der Waals surface area contributed by atoms with Crippen molar-refractivity contribution in [3.05, 3.63) is 58.7 Å². The van der Waals surface area contributed by atoms with Crippen LogP contribution < -0.4 is 11.1 Å². The van der Waals surface area contributed by atoms with E-state index in [9.17, 15) is 0 Å². The molecule has 0 unspecified atom stereocenters. The first kappa shape index (κ1) is 12.5. The zero-order valence-corrected chi connectivity index (χ0v) is 11.2. The van der Waals surface area contributed by atoms with Crippen molar-refractivity contribution < 1.29 is 0 Å². The van der Waals surface area contributed by atoms with Crippen LogP contribution in [0.4, 0.5) is 11.4 Å². The van der Waals surface area contributed by atoms with Crippen LogP contribution in [0.2, 0.25) is 0 Å². The Labute approximate surface area is 109 Å². The van der Waals surface area contributed by atoms with Gasteiger partial charge in [0.1, 0.15) is 0 Å². The van der Waals surface area contributed by atoms with Crippen LogP contribution >= 0.6 is 0 Å². The highest BCUT2D eigenvalue weighted by molar-refractivity contribution is 5.55. The minimum absolute atomic E-state index is 0.807. The highest BCUT2D eigenvalue weighted by Gasteiger charge is 2.01. The Morgan fingerprint density at radius 3 is 2.17 bits per heavy atom. The number of anilines is 2. The van der Waals surface area contributed by atoms with Crippen LogP contribution in [-0.2, 0) is 6.54 Å². The summed E-state index contributed by atoms with van der Waals surface area (Å²) in [7, 11) is 0. The molecule has 0 aliphatic carbocycles. The second kappa shape index (κ2) is 5.13.